The smallest absolute Gasteiger partial charge is 0.226 e. The molecule has 1 heterocycles. The molecule has 1 rings (SSSR count). The lowest BCUT2D eigenvalue weighted by atomic mass is 10.4. The Morgan fingerprint density at radius 1 is 1.67 bits per heavy atom. The van der Waals surface area contributed by atoms with E-state index in [0.717, 1.165) is 6.26 Å². The quantitative estimate of drug-likeness (QED) is 0.519. The van der Waals surface area contributed by atoms with Crippen LogP contribution < -0.4 is 0 Å². The summed E-state index contributed by atoms with van der Waals surface area (Å²) in [4.78, 5) is 7.12. The molecular weight excluding hydrogens is 200 g/mol. The Bertz CT molecular complexity index is 360. The third-order valence-corrected chi connectivity index (χ3v) is 2.25. The van der Waals surface area contributed by atoms with Gasteiger partial charge in [-0.15, -0.1) is 11.6 Å². The van der Waals surface area contributed by atoms with Gasteiger partial charge in [-0.25, -0.2) is 18.4 Å². The standard InChI is InChI=1S/C6H6ClN2O2S/c1-12(10,11)6-8-3-5(2-7)4-9-6/h3H,2H2,1H3. The van der Waals surface area contributed by atoms with E-state index in [1.54, 1.807) is 0 Å². The number of alkyl halides is 1. The lowest BCUT2D eigenvalue weighted by Gasteiger charge is -1.95. The van der Waals surface area contributed by atoms with Gasteiger partial charge in [0.2, 0.25) is 15.0 Å². The third-order valence-electron chi connectivity index (χ3n) is 1.10. The zero-order valence-corrected chi connectivity index (χ0v) is 7.85. The molecule has 1 radical (unpaired) electrons. The first kappa shape index (κ1) is 9.41. The average molecular weight is 206 g/mol. The first-order valence-corrected chi connectivity index (χ1v) is 5.46. The normalized spacial score (nSPS) is 11.5. The van der Waals surface area contributed by atoms with E-state index < -0.39 is 9.84 Å². The summed E-state index contributed by atoms with van der Waals surface area (Å²) in [5, 5.41) is -0.226. The van der Waals surface area contributed by atoms with Crippen LogP contribution in [0.3, 0.4) is 0 Å². The van der Waals surface area contributed by atoms with Crippen LogP contribution in [0.2, 0.25) is 0 Å². The molecule has 0 N–H and O–H groups in total. The van der Waals surface area contributed by atoms with Gasteiger partial charge in [-0.3, -0.25) is 0 Å². The number of hydrogen-bond donors (Lipinski definition) is 0. The fourth-order valence-corrected chi connectivity index (χ4v) is 1.14. The number of rotatable bonds is 2. The van der Waals surface area contributed by atoms with E-state index in [1.807, 2.05) is 0 Å². The Morgan fingerprint density at radius 2 is 2.33 bits per heavy atom. The topological polar surface area (TPSA) is 59.9 Å². The Labute approximate surface area is 75.5 Å². The minimum absolute atomic E-state index is 0.226. The van der Waals surface area contributed by atoms with Crippen molar-refractivity contribution in [1.29, 1.82) is 0 Å². The minimum atomic E-state index is -3.32. The summed E-state index contributed by atoms with van der Waals surface area (Å²) in [6.45, 7) is 0. The molecule has 65 valence electrons. The van der Waals surface area contributed by atoms with E-state index in [4.69, 9.17) is 11.6 Å². The second-order valence-corrected chi connectivity index (χ2v) is 4.37. The second-order valence-electron chi connectivity index (χ2n) is 2.20. The van der Waals surface area contributed by atoms with E-state index in [2.05, 4.69) is 16.2 Å². The van der Waals surface area contributed by atoms with Crippen molar-refractivity contribution < 1.29 is 8.42 Å². The largest absolute Gasteiger partial charge is 0.247 e. The van der Waals surface area contributed by atoms with Crippen LogP contribution in [0.25, 0.3) is 0 Å². The van der Waals surface area contributed by atoms with Crippen molar-refractivity contribution in [1.82, 2.24) is 9.97 Å². The molecule has 1 aromatic heterocycles. The van der Waals surface area contributed by atoms with Gasteiger partial charge in [0, 0.05) is 18.0 Å². The molecule has 0 aliphatic carbocycles. The summed E-state index contributed by atoms with van der Waals surface area (Å²) in [6, 6.07) is 0. The van der Waals surface area contributed by atoms with Gasteiger partial charge < -0.3 is 0 Å². The summed E-state index contributed by atoms with van der Waals surface area (Å²) in [5.41, 5.74) is 0.573. The Morgan fingerprint density at radius 3 is 2.67 bits per heavy atom. The molecule has 0 atom stereocenters. The maximum atomic E-state index is 10.9. The molecule has 6 heteroatoms. The summed E-state index contributed by atoms with van der Waals surface area (Å²) < 4.78 is 21.7. The van der Waals surface area contributed by atoms with Crippen molar-refractivity contribution in [2.24, 2.45) is 0 Å². The van der Waals surface area contributed by atoms with Gasteiger partial charge in [0.1, 0.15) is 0 Å². The van der Waals surface area contributed by atoms with Gasteiger partial charge in [-0.05, 0) is 0 Å². The maximum Gasteiger partial charge on any atom is 0.247 e. The summed E-state index contributed by atoms with van der Waals surface area (Å²) in [6.07, 6.45) is 4.85. The highest BCUT2D eigenvalue weighted by atomic mass is 35.5. The molecule has 0 amide bonds. The maximum absolute atomic E-state index is 10.9. The van der Waals surface area contributed by atoms with Gasteiger partial charge in [0.05, 0.1) is 12.1 Å². The molecule has 12 heavy (non-hydrogen) atoms. The zero-order valence-electron chi connectivity index (χ0n) is 6.28. The average Bonchev–Trinajstić information content (AvgIpc) is 2.03. The number of halogens is 1. The van der Waals surface area contributed by atoms with E-state index in [-0.39, 0.29) is 11.0 Å². The van der Waals surface area contributed by atoms with Gasteiger partial charge >= 0.3 is 0 Å². The Kier molecular flexibility index (Phi) is 2.64. The van der Waals surface area contributed by atoms with Crippen LogP contribution in [-0.4, -0.2) is 24.6 Å². The predicted octanol–water partition coefficient (Wildman–Crippen LogP) is 0.419. The van der Waals surface area contributed by atoms with E-state index in [1.165, 1.54) is 6.20 Å². The fourth-order valence-electron chi connectivity index (χ4n) is 0.554. The summed E-state index contributed by atoms with van der Waals surface area (Å²) in [5.74, 6) is 0.226. The first-order chi connectivity index (χ1) is 5.54. The van der Waals surface area contributed by atoms with Crippen molar-refractivity contribution in [3.8, 4) is 0 Å². The van der Waals surface area contributed by atoms with Crippen molar-refractivity contribution in [3.05, 3.63) is 18.0 Å². The third kappa shape index (κ3) is 2.15. The highest BCUT2D eigenvalue weighted by molar-refractivity contribution is 7.90. The Hall–Kier alpha value is -0.680. The van der Waals surface area contributed by atoms with E-state index in [0.29, 0.717) is 5.56 Å². The highest BCUT2D eigenvalue weighted by Gasteiger charge is 2.09. The molecule has 4 nitrogen and oxygen atoms in total. The SMILES string of the molecule is CS(=O)(=O)c1n[c]c(CCl)cn1. The number of nitrogens with zero attached hydrogens (tertiary/aromatic N) is 2. The van der Waals surface area contributed by atoms with Crippen LogP contribution in [0.4, 0.5) is 0 Å². The van der Waals surface area contributed by atoms with Crippen molar-refractivity contribution in [2.75, 3.05) is 6.26 Å². The number of aromatic nitrogens is 2. The number of hydrogen-bond acceptors (Lipinski definition) is 4. The summed E-state index contributed by atoms with van der Waals surface area (Å²) >= 11 is 5.43. The first-order valence-electron chi connectivity index (χ1n) is 3.03. The second kappa shape index (κ2) is 3.37. The monoisotopic (exact) mass is 205 g/mol. The summed E-state index contributed by atoms with van der Waals surface area (Å²) in [7, 11) is -3.32. The number of sulfone groups is 1. The minimum Gasteiger partial charge on any atom is -0.226 e. The molecule has 0 spiro atoms. The van der Waals surface area contributed by atoms with Crippen molar-refractivity contribution in [2.45, 2.75) is 11.0 Å². The van der Waals surface area contributed by atoms with Gasteiger partial charge in [0.15, 0.2) is 0 Å². The molecule has 0 aliphatic rings. The lowest BCUT2D eigenvalue weighted by Crippen LogP contribution is -2.03. The van der Waals surface area contributed by atoms with Crippen LogP contribution in [0.5, 0.6) is 0 Å². The lowest BCUT2D eigenvalue weighted by molar-refractivity contribution is 0.592. The van der Waals surface area contributed by atoms with Crippen LogP contribution in [0.15, 0.2) is 11.4 Å². The fraction of sp³-hybridized carbons (Fsp3) is 0.333. The van der Waals surface area contributed by atoms with Crippen LogP contribution in [0.1, 0.15) is 5.56 Å². The van der Waals surface area contributed by atoms with Crippen molar-refractivity contribution in [3.63, 3.8) is 0 Å². The highest BCUT2D eigenvalue weighted by Crippen LogP contribution is 2.02. The van der Waals surface area contributed by atoms with E-state index in [9.17, 15) is 8.42 Å². The molecule has 0 aliphatic heterocycles. The van der Waals surface area contributed by atoms with Gasteiger partial charge in [-0.1, -0.05) is 0 Å². The molecule has 0 fully saturated rings. The molecular formula is C6H6ClN2O2S. The molecule has 0 bridgehead atoms. The van der Waals surface area contributed by atoms with Gasteiger partial charge in [0.25, 0.3) is 0 Å². The molecule has 0 saturated heterocycles. The molecule has 0 unspecified atom stereocenters. The molecule has 0 aromatic carbocycles. The van der Waals surface area contributed by atoms with E-state index >= 15 is 0 Å². The predicted molar refractivity (Wildman–Crippen MR) is 43.5 cm³/mol. The molecule has 1 aromatic rings. The van der Waals surface area contributed by atoms with Gasteiger partial charge in [-0.2, -0.15) is 0 Å². The van der Waals surface area contributed by atoms with Crippen LogP contribution in [-0.2, 0) is 15.7 Å². The van der Waals surface area contributed by atoms with Crippen molar-refractivity contribution >= 4 is 21.4 Å². The zero-order chi connectivity index (χ0) is 9.19. The van der Waals surface area contributed by atoms with Crippen LogP contribution in [0, 0.1) is 6.20 Å². The Balaban J connectivity index is 3.09. The molecule has 0 saturated carbocycles. The van der Waals surface area contributed by atoms with Crippen LogP contribution >= 0.6 is 11.6 Å².